The molecule has 0 fully saturated rings. The molecule has 0 spiro atoms. The minimum Gasteiger partial charge on any atom is -0.469 e. The minimum absolute atomic E-state index is 0.143. The van der Waals surface area contributed by atoms with Gasteiger partial charge in [-0.25, -0.2) is 17.5 Å². The van der Waals surface area contributed by atoms with Gasteiger partial charge in [0, 0.05) is 4.47 Å². The quantitative estimate of drug-likeness (QED) is 0.685. The minimum atomic E-state index is -3.76. The normalized spacial score (nSPS) is 12.6. The van der Waals surface area contributed by atoms with Gasteiger partial charge in [-0.1, -0.05) is 40.2 Å². The SMILES string of the molecule is COC(=O)CC(NS(=O)(=O)Cc1ccc(F)cc1)c1cccc(Br)c1. The highest BCUT2D eigenvalue weighted by atomic mass is 79.9. The number of carbonyl (C=O) groups is 1. The standard InChI is InChI=1S/C17H17BrFNO4S/c1-24-17(21)10-16(13-3-2-4-14(18)9-13)20-25(22,23)11-12-5-7-15(19)8-6-12/h2-9,16,20H,10-11H2,1H3. The fourth-order valence-corrected chi connectivity index (χ4v) is 4.04. The second-order valence-electron chi connectivity index (χ2n) is 5.39. The molecule has 1 unspecified atom stereocenters. The Balaban J connectivity index is 2.22. The zero-order valence-electron chi connectivity index (χ0n) is 13.4. The summed E-state index contributed by atoms with van der Waals surface area (Å²) in [5.74, 6) is -1.29. The first-order valence-corrected chi connectivity index (χ1v) is 9.80. The van der Waals surface area contributed by atoms with Crippen molar-refractivity contribution in [2.75, 3.05) is 7.11 Å². The van der Waals surface area contributed by atoms with Crippen LogP contribution in [-0.2, 0) is 25.3 Å². The van der Waals surface area contributed by atoms with E-state index in [4.69, 9.17) is 0 Å². The molecular formula is C17H17BrFNO4S. The van der Waals surface area contributed by atoms with Gasteiger partial charge in [0.1, 0.15) is 5.82 Å². The summed E-state index contributed by atoms with van der Waals surface area (Å²) in [5, 5.41) is 0. The van der Waals surface area contributed by atoms with Crippen molar-refractivity contribution in [1.29, 1.82) is 0 Å². The molecular weight excluding hydrogens is 413 g/mol. The van der Waals surface area contributed by atoms with Crippen molar-refractivity contribution < 1.29 is 22.3 Å². The highest BCUT2D eigenvalue weighted by molar-refractivity contribution is 9.10. The number of hydrogen-bond donors (Lipinski definition) is 1. The van der Waals surface area contributed by atoms with Crippen LogP contribution in [0.2, 0.25) is 0 Å². The first-order valence-electron chi connectivity index (χ1n) is 7.36. The van der Waals surface area contributed by atoms with E-state index in [2.05, 4.69) is 25.4 Å². The Kier molecular flexibility index (Phi) is 6.69. The molecule has 8 heteroatoms. The molecule has 0 aliphatic heterocycles. The summed E-state index contributed by atoms with van der Waals surface area (Å²) in [6.07, 6.45) is -0.143. The topological polar surface area (TPSA) is 72.5 Å². The van der Waals surface area contributed by atoms with Crippen LogP contribution in [-0.4, -0.2) is 21.5 Å². The zero-order chi connectivity index (χ0) is 18.4. The maximum atomic E-state index is 13.0. The van der Waals surface area contributed by atoms with Gasteiger partial charge < -0.3 is 4.74 Å². The number of sulfonamides is 1. The number of methoxy groups -OCH3 is 1. The Labute approximate surface area is 154 Å². The third-order valence-electron chi connectivity index (χ3n) is 3.44. The van der Waals surface area contributed by atoms with E-state index in [0.29, 0.717) is 11.1 Å². The second kappa shape index (κ2) is 8.55. The van der Waals surface area contributed by atoms with Crippen molar-refractivity contribution in [3.8, 4) is 0 Å². The molecule has 5 nitrogen and oxygen atoms in total. The van der Waals surface area contributed by atoms with E-state index < -0.39 is 27.9 Å². The van der Waals surface area contributed by atoms with Crippen molar-refractivity contribution in [3.63, 3.8) is 0 Å². The maximum absolute atomic E-state index is 13.0. The molecule has 0 heterocycles. The van der Waals surface area contributed by atoms with Gasteiger partial charge in [0.05, 0.1) is 25.3 Å². The summed E-state index contributed by atoms with van der Waals surface area (Å²) >= 11 is 3.33. The van der Waals surface area contributed by atoms with Crippen LogP contribution < -0.4 is 4.72 Å². The predicted molar refractivity (Wildman–Crippen MR) is 95.7 cm³/mol. The van der Waals surface area contributed by atoms with E-state index in [1.165, 1.54) is 31.4 Å². The Hall–Kier alpha value is -1.77. The van der Waals surface area contributed by atoms with Crippen molar-refractivity contribution in [2.45, 2.75) is 18.2 Å². The van der Waals surface area contributed by atoms with Gasteiger partial charge in [0.2, 0.25) is 10.0 Å². The van der Waals surface area contributed by atoms with Gasteiger partial charge in [0.15, 0.2) is 0 Å². The lowest BCUT2D eigenvalue weighted by molar-refractivity contribution is -0.141. The van der Waals surface area contributed by atoms with Crippen LogP contribution in [0, 0.1) is 5.82 Å². The van der Waals surface area contributed by atoms with E-state index in [1.54, 1.807) is 24.3 Å². The Morgan fingerprint density at radius 3 is 2.52 bits per heavy atom. The fourth-order valence-electron chi connectivity index (χ4n) is 2.26. The Morgan fingerprint density at radius 1 is 1.24 bits per heavy atom. The highest BCUT2D eigenvalue weighted by Crippen LogP contribution is 2.23. The summed E-state index contributed by atoms with van der Waals surface area (Å²) < 4.78 is 45.8. The van der Waals surface area contributed by atoms with Crippen LogP contribution in [0.5, 0.6) is 0 Å². The first kappa shape index (κ1) is 19.6. The van der Waals surface area contributed by atoms with Crippen LogP contribution in [0.1, 0.15) is 23.6 Å². The summed E-state index contributed by atoms with van der Waals surface area (Å²) in [6.45, 7) is 0. The van der Waals surface area contributed by atoms with E-state index in [-0.39, 0.29) is 12.2 Å². The molecule has 2 rings (SSSR count). The summed E-state index contributed by atoms with van der Waals surface area (Å²) in [7, 11) is -2.51. The molecule has 0 aromatic heterocycles. The smallest absolute Gasteiger partial charge is 0.307 e. The molecule has 0 aliphatic rings. The summed E-state index contributed by atoms with van der Waals surface area (Å²) in [6, 6.07) is 11.4. The third kappa shape index (κ3) is 6.22. The van der Waals surface area contributed by atoms with Crippen LogP contribution in [0.15, 0.2) is 53.0 Å². The largest absolute Gasteiger partial charge is 0.469 e. The highest BCUT2D eigenvalue weighted by Gasteiger charge is 2.23. The number of carbonyl (C=O) groups excluding carboxylic acids is 1. The second-order valence-corrected chi connectivity index (χ2v) is 8.06. The lowest BCUT2D eigenvalue weighted by Gasteiger charge is -2.18. The summed E-state index contributed by atoms with van der Waals surface area (Å²) in [4.78, 5) is 11.7. The number of hydrogen-bond acceptors (Lipinski definition) is 4. The summed E-state index contributed by atoms with van der Waals surface area (Å²) in [5.41, 5.74) is 1.07. The van der Waals surface area contributed by atoms with E-state index in [1.807, 2.05) is 0 Å². The van der Waals surface area contributed by atoms with Gasteiger partial charge >= 0.3 is 5.97 Å². The van der Waals surface area contributed by atoms with Crippen molar-refractivity contribution in [3.05, 3.63) is 69.9 Å². The molecule has 0 bridgehead atoms. The van der Waals surface area contributed by atoms with Gasteiger partial charge in [-0.3, -0.25) is 4.79 Å². The molecule has 25 heavy (non-hydrogen) atoms. The molecule has 1 atom stereocenters. The third-order valence-corrected chi connectivity index (χ3v) is 5.29. The molecule has 134 valence electrons. The van der Waals surface area contributed by atoms with Crippen LogP contribution in [0.25, 0.3) is 0 Å². The predicted octanol–water partition coefficient (Wildman–Crippen LogP) is 3.31. The van der Waals surface area contributed by atoms with E-state index in [0.717, 1.165) is 4.47 Å². The average Bonchev–Trinajstić information content (AvgIpc) is 2.56. The first-order chi connectivity index (χ1) is 11.8. The van der Waals surface area contributed by atoms with Crippen LogP contribution in [0.4, 0.5) is 4.39 Å². The molecule has 2 aromatic carbocycles. The lowest BCUT2D eigenvalue weighted by Crippen LogP contribution is -2.31. The molecule has 0 saturated carbocycles. The number of esters is 1. The van der Waals surface area contributed by atoms with Gasteiger partial charge in [-0.15, -0.1) is 0 Å². The maximum Gasteiger partial charge on any atom is 0.307 e. The number of ether oxygens (including phenoxy) is 1. The van der Waals surface area contributed by atoms with Crippen LogP contribution in [0.3, 0.4) is 0 Å². The molecule has 0 aliphatic carbocycles. The molecule has 0 radical (unpaired) electrons. The van der Waals surface area contributed by atoms with Gasteiger partial charge in [0.25, 0.3) is 0 Å². The zero-order valence-corrected chi connectivity index (χ0v) is 15.8. The molecule has 2 aromatic rings. The fraction of sp³-hybridized carbons (Fsp3) is 0.235. The molecule has 0 saturated heterocycles. The van der Waals surface area contributed by atoms with Gasteiger partial charge in [-0.05, 0) is 35.4 Å². The number of nitrogens with one attached hydrogen (secondary N) is 1. The average molecular weight is 430 g/mol. The molecule has 0 amide bonds. The van der Waals surface area contributed by atoms with Crippen molar-refractivity contribution in [1.82, 2.24) is 4.72 Å². The Bertz CT molecular complexity index is 840. The number of benzene rings is 2. The number of rotatable bonds is 7. The van der Waals surface area contributed by atoms with Gasteiger partial charge in [-0.2, -0.15) is 0 Å². The van der Waals surface area contributed by atoms with Crippen LogP contribution >= 0.6 is 15.9 Å². The lowest BCUT2D eigenvalue weighted by atomic mass is 10.1. The van der Waals surface area contributed by atoms with Crippen molar-refractivity contribution in [2.24, 2.45) is 0 Å². The molecule has 1 N–H and O–H groups in total. The van der Waals surface area contributed by atoms with Crippen molar-refractivity contribution >= 4 is 31.9 Å². The van der Waals surface area contributed by atoms with E-state index in [9.17, 15) is 17.6 Å². The number of halogens is 2. The Morgan fingerprint density at radius 2 is 1.92 bits per heavy atom. The monoisotopic (exact) mass is 429 g/mol. The van der Waals surface area contributed by atoms with E-state index >= 15 is 0 Å².